The summed E-state index contributed by atoms with van der Waals surface area (Å²) in [4.78, 5) is 0. The maximum atomic E-state index is 3.64. The summed E-state index contributed by atoms with van der Waals surface area (Å²) in [6, 6.07) is 4.40. The van der Waals surface area contributed by atoms with E-state index in [1.165, 1.54) is 16.5 Å². The molecule has 70 valence electrons. The van der Waals surface area contributed by atoms with Crippen LogP contribution in [0.3, 0.4) is 0 Å². The van der Waals surface area contributed by atoms with Crippen LogP contribution in [0.25, 0.3) is 0 Å². The molecular formula is C12H15Br. The Balaban J connectivity index is 2.61. The van der Waals surface area contributed by atoms with Crippen LogP contribution in [0.2, 0.25) is 0 Å². The summed E-state index contributed by atoms with van der Waals surface area (Å²) in [5.74, 6) is 1.53. The van der Waals surface area contributed by atoms with E-state index in [9.17, 15) is 0 Å². The number of hydrogen-bond acceptors (Lipinski definition) is 0. The smallest absolute Gasteiger partial charge is 0.0210 e. The SMILES string of the molecule is Cc1ccc(Br)c2c1C(C)C(C)C2. The monoisotopic (exact) mass is 238 g/mol. The van der Waals surface area contributed by atoms with E-state index in [-0.39, 0.29) is 0 Å². The maximum Gasteiger partial charge on any atom is 0.0210 e. The molecule has 0 N–H and O–H groups in total. The largest absolute Gasteiger partial charge is 0.0616 e. The van der Waals surface area contributed by atoms with Gasteiger partial charge in [-0.15, -0.1) is 0 Å². The Morgan fingerprint density at radius 1 is 1.31 bits per heavy atom. The van der Waals surface area contributed by atoms with Crippen LogP contribution in [0.4, 0.5) is 0 Å². The van der Waals surface area contributed by atoms with Gasteiger partial charge in [-0.25, -0.2) is 0 Å². The summed E-state index contributed by atoms with van der Waals surface area (Å²) in [6.07, 6.45) is 1.23. The summed E-state index contributed by atoms with van der Waals surface area (Å²) < 4.78 is 1.30. The summed E-state index contributed by atoms with van der Waals surface area (Å²) in [6.45, 7) is 6.91. The van der Waals surface area contributed by atoms with Gasteiger partial charge in [0.25, 0.3) is 0 Å². The van der Waals surface area contributed by atoms with Crippen molar-refractivity contribution in [2.24, 2.45) is 5.92 Å². The molecule has 0 radical (unpaired) electrons. The van der Waals surface area contributed by atoms with E-state index < -0.39 is 0 Å². The number of aryl methyl sites for hydroxylation is 1. The highest BCUT2D eigenvalue weighted by Crippen LogP contribution is 2.42. The first-order valence-electron chi connectivity index (χ1n) is 4.89. The van der Waals surface area contributed by atoms with Crippen molar-refractivity contribution in [2.75, 3.05) is 0 Å². The fourth-order valence-corrected chi connectivity index (χ4v) is 2.89. The van der Waals surface area contributed by atoms with Crippen molar-refractivity contribution in [3.05, 3.63) is 33.3 Å². The molecule has 0 aromatic heterocycles. The summed E-state index contributed by atoms with van der Waals surface area (Å²) in [5, 5.41) is 0. The zero-order valence-corrected chi connectivity index (χ0v) is 9.98. The summed E-state index contributed by atoms with van der Waals surface area (Å²) >= 11 is 3.64. The lowest BCUT2D eigenvalue weighted by Crippen LogP contribution is -1.98. The van der Waals surface area contributed by atoms with Gasteiger partial charge in [0.15, 0.2) is 0 Å². The molecule has 1 aromatic rings. The van der Waals surface area contributed by atoms with Crippen LogP contribution in [-0.4, -0.2) is 0 Å². The van der Waals surface area contributed by atoms with Gasteiger partial charge < -0.3 is 0 Å². The van der Waals surface area contributed by atoms with Gasteiger partial charge >= 0.3 is 0 Å². The fraction of sp³-hybridized carbons (Fsp3) is 0.500. The Hall–Kier alpha value is -0.300. The van der Waals surface area contributed by atoms with Crippen molar-refractivity contribution in [1.29, 1.82) is 0 Å². The molecular weight excluding hydrogens is 224 g/mol. The first-order valence-corrected chi connectivity index (χ1v) is 5.68. The number of fused-ring (bicyclic) bond motifs is 1. The lowest BCUT2D eigenvalue weighted by atomic mass is 9.94. The van der Waals surface area contributed by atoms with Crippen LogP contribution in [-0.2, 0) is 6.42 Å². The van der Waals surface area contributed by atoms with E-state index in [1.54, 1.807) is 11.1 Å². The van der Waals surface area contributed by atoms with Gasteiger partial charge in [-0.1, -0.05) is 35.8 Å². The standard InChI is InChI=1S/C12H15Br/c1-7-4-5-11(13)10-6-8(2)9(3)12(7)10/h4-5,8-9H,6H2,1-3H3. The van der Waals surface area contributed by atoms with Crippen LogP contribution in [0.5, 0.6) is 0 Å². The zero-order chi connectivity index (χ0) is 9.59. The Labute approximate surface area is 88.5 Å². The van der Waals surface area contributed by atoms with Crippen molar-refractivity contribution in [2.45, 2.75) is 33.1 Å². The average Bonchev–Trinajstić information content (AvgIpc) is 2.38. The third-order valence-corrected chi connectivity index (χ3v) is 4.10. The Morgan fingerprint density at radius 3 is 2.62 bits per heavy atom. The van der Waals surface area contributed by atoms with Crippen molar-refractivity contribution in [3.63, 3.8) is 0 Å². The van der Waals surface area contributed by atoms with Crippen molar-refractivity contribution >= 4 is 15.9 Å². The molecule has 1 aliphatic carbocycles. The van der Waals surface area contributed by atoms with Crippen LogP contribution in [0.15, 0.2) is 16.6 Å². The lowest BCUT2D eigenvalue weighted by molar-refractivity contribution is 0.530. The molecule has 2 unspecified atom stereocenters. The van der Waals surface area contributed by atoms with Gasteiger partial charge in [0.05, 0.1) is 0 Å². The topological polar surface area (TPSA) is 0 Å². The predicted octanol–water partition coefficient (Wildman–Crippen LogP) is 4.05. The van der Waals surface area contributed by atoms with Gasteiger partial charge in [-0.2, -0.15) is 0 Å². The van der Waals surface area contributed by atoms with E-state index in [2.05, 4.69) is 48.8 Å². The molecule has 1 heteroatoms. The molecule has 0 saturated carbocycles. The van der Waals surface area contributed by atoms with Gasteiger partial charge in [0.2, 0.25) is 0 Å². The number of benzene rings is 1. The molecule has 13 heavy (non-hydrogen) atoms. The second-order valence-corrected chi connectivity index (χ2v) is 5.08. The molecule has 0 amide bonds. The minimum atomic E-state index is 0.729. The normalized spacial score (nSPS) is 26.2. The van der Waals surface area contributed by atoms with E-state index in [0.717, 1.165) is 11.8 Å². The fourth-order valence-electron chi connectivity index (χ4n) is 2.38. The molecule has 0 bridgehead atoms. The number of hydrogen-bond donors (Lipinski definition) is 0. The Kier molecular flexibility index (Phi) is 2.23. The van der Waals surface area contributed by atoms with Crippen LogP contribution < -0.4 is 0 Å². The second kappa shape index (κ2) is 3.13. The van der Waals surface area contributed by atoms with Crippen molar-refractivity contribution in [3.8, 4) is 0 Å². The molecule has 0 nitrogen and oxygen atoms in total. The zero-order valence-electron chi connectivity index (χ0n) is 8.39. The molecule has 0 fully saturated rings. The highest BCUT2D eigenvalue weighted by molar-refractivity contribution is 9.10. The Morgan fingerprint density at radius 2 is 2.00 bits per heavy atom. The van der Waals surface area contributed by atoms with Gasteiger partial charge in [0.1, 0.15) is 0 Å². The van der Waals surface area contributed by atoms with Gasteiger partial charge in [-0.05, 0) is 47.9 Å². The first kappa shape index (κ1) is 9.26. The average molecular weight is 239 g/mol. The van der Waals surface area contributed by atoms with E-state index in [4.69, 9.17) is 0 Å². The van der Waals surface area contributed by atoms with E-state index in [0.29, 0.717) is 0 Å². The second-order valence-electron chi connectivity index (χ2n) is 4.23. The molecule has 1 aromatic carbocycles. The highest BCUT2D eigenvalue weighted by atomic mass is 79.9. The third-order valence-electron chi connectivity index (χ3n) is 3.35. The van der Waals surface area contributed by atoms with Gasteiger partial charge in [0, 0.05) is 4.47 Å². The van der Waals surface area contributed by atoms with Crippen molar-refractivity contribution in [1.82, 2.24) is 0 Å². The minimum absolute atomic E-state index is 0.729. The van der Waals surface area contributed by atoms with Crippen LogP contribution in [0, 0.1) is 12.8 Å². The molecule has 0 spiro atoms. The molecule has 2 atom stereocenters. The number of halogens is 1. The lowest BCUT2D eigenvalue weighted by Gasteiger charge is -2.12. The van der Waals surface area contributed by atoms with E-state index in [1.807, 2.05) is 0 Å². The third kappa shape index (κ3) is 1.34. The van der Waals surface area contributed by atoms with E-state index >= 15 is 0 Å². The highest BCUT2D eigenvalue weighted by Gasteiger charge is 2.28. The molecule has 1 aliphatic rings. The maximum absolute atomic E-state index is 3.64. The van der Waals surface area contributed by atoms with Crippen molar-refractivity contribution < 1.29 is 0 Å². The molecule has 0 heterocycles. The van der Waals surface area contributed by atoms with Crippen LogP contribution in [0.1, 0.15) is 36.5 Å². The number of rotatable bonds is 0. The minimum Gasteiger partial charge on any atom is -0.0616 e. The molecule has 0 aliphatic heterocycles. The molecule has 2 rings (SSSR count). The first-order chi connectivity index (χ1) is 6.11. The Bertz CT molecular complexity index is 341. The van der Waals surface area contributed by atoms with Gasteiger partial charge in [-0.3, -0.25) is 0 Å². The molecule has 0 saturated heterocycles. The van der Waals surface area contributed by atoms with Crippen LogP contribution >= 0.6 is 15.9 Å². The predicted molar refractivity (Wildman–Crippen MR) is 60.2 cm³/mol. The summed E-state index contributed by atoms with van der Waals surface area (Å²) in [5.41, 5.74) is 4.58. The summed E-state index contributed by atoms with van der Waals surface area (Å²) in [7, 11) is 0. The quantitative estimate of drug-likeness (QED) is 0.640.